The molecule has 0 spiro atoms. The van der Waals surface area contributed by atoms with Gasteiger partial charge in [0, 0.05) is 0 Å². The molecule has 0 heterocycles. The minimum atomic E-state index is 1.38. The van der Waals surface area contributed by atoms with E-state index in [1.165, 1.54) is 130 Å². The van der Waals surface area contributed by atoms with Crippen LogP contribution in [0.25, 0.3) is 0 Å². The second-order valence-corrected chi connectivity index (χ2v) is 7.74. The first-order chi connectivity index (χ1) is 9.41. The second-order valence-electron chi connectivity index (χ2n) is 6.09. The van der Waals surface area contributed by atoms with Crippen LogP contribution >= 0.6 is 0 Å². The molecule has 0 saturated carbocycles. The summed E-state index contributed by atoms with van der Waals surface area (Å²) in [6, 6.07) is 0. The van der Waals surface area contributed by atoms with Gasteiger partial charge in [-0.05, 0) is 0 Å². The van der Waals surface area contributed by atoms with Gasteiger partial charge in [0.15, 0.2) is 0 Å². The predicted molar refractivity (Wildman–Crippen MR) is 92.9 cm³/mol. The number of rotatable bonds is 16. The fourth-order valence-corrected chi connectivity index (χ4v) is 3.52. The first-order valence-corrected chi connectivity index (χ1v) is 11.4. The van der Waals surface area contributed by atoms with Gasteiger partial charge in [-0.25, -0.2) is 0 Å². The van der Waals surface area contributed by atoms with Crippen molar-refractivity contribution in [3.05, 3.63) is 0 Å². The molecule has 0 aliphatic carbocycles. The molecule has 0 aliphatic rings. The van der Waals surface area contributed by atoms with Gasteiger partial charge in [0.25, 0.3) is 0 Å². The molecule has 0 bridgehead atoms. The van der Waals surface area contributed by atoms with Gasteiger partial charge in [-0.15, -0.1) is 0 Å². The summed E-state index contributed by atoms with van der Waals surface area (Å²) >= 11 is 1.47. The molecule has 0 aromatic heterocycles. The zero-order valence-electron chi connectivity index (χ0n) is 13.6. The van der Waals surface area contributed by atoms with Gasteiger partial charge >= 0.3 is 98.0 Å². The molecule has 0 unspecified atom stereocenters. The van der Waals surface area contributed by atoms with Gasteiger partial charge in [0.2, 0.25) is 0 Å². The summed E-state index contributed by atoms with van der Waals surface area (Å²) in [7, 11) is 0. The van der Waals surface area contributed by atoms with Crippen molar-refractivity contribution >= 4 is 23.0 Å². The summed E-state index contributed by atoms with van der Waals surface area (Å²) < 4.78 is 1.50. The maximum atomic E-state index is 2.30. The number of hydrogen-bond donors (Lipinski definition) is 0. The van der Waals surface area contributed by atoms with Gasteiger partial charge < -0.3 is 0 Å². The molecule has 0 saturated heterocycles. The molecular weight excluding hydrogens is 338 g/mol. The van der Waals surface area contributed by atoms with Crippen LogP contribution in [0.2, 0.25) is 4.37 Å². The van der Waals surface area contributed by atoms with Crippen molar-refractivity contribution in [2.45, 2.75) is 114 Å². The Bertz CT molecular complexity index is 129. The van der Waals surface area contributed by atoms with Crippen LogP contribution in [0, 0.1) is 0 Å². The first kappa shape index (κ1) is 19.8. The number of unbranched alkanes of at least 4 members (excludes halogenated alkanes) is 15. The van der Waals surface area contributed by atoms with Crippen LogP contribution in [0.4, 0.5) is 0 Å². The van der Waals surface area contributed by atoms with Crippen LogP contribution < -0.4 is 0 Å². The summed E-state index contributed by atoms with van der Waals surface area (Å²) in [6.07, 6.45) is 23.7. The zero-order valence-corrected chi connectivity index (χ0v) is 16.9. The molecule has 0 amide bonds. The fourth-order valence-electron chi connectivity index (χ4n) is 2.69. The number of hydrogen-bond acceptors (Lipinski definition) is 0. The molecule has 0 fully saturated rings. The van der Waals surface area contributed by atoms with Crippen molar-refractivity contribution in [1.82, 2.24) is 0 Å². The molecule has 0 N–H and O–H groups in total. The van der Waals surface area contributed by atoms with Crippen molar-refractivity contribution in [1.29, 1.82) is 0 Å². The third-order valence-electron chi connectivity index (χ3n) is 4.06. The molecule has 0 aromatic rings. The Labute approximate surface area is 137 Å². The van der Waals surface area contributed by atoms with Crippen LogP contribution in [0.3, 0.4) is 0 Å². The maximum absolute atomic E-state index is 2.30. The van der Waals surface area contributed by atoms with Crippen molar-refractivity contribution in [2.75, 3.05) is 0 Å². The molecule has 0 aromatic carbocycles. The van der Waals surface area contributed by atoms with Crippen molar-refractivity contribution in [3.8, 4) is 0 Å². The van der Waals surface area contributed by atoms with E-state index in [1.807, 2.05) is 0 Å². The third kappa shape index (κ3) is 18.8. The van der Waals surface area contributed by atoms with Crippen molar-refractivity contribution in [3.63, 3.8) is 0 Å². The molecule has 0 atom stereocenters. The Kier molecular flexibility index (Phi) is 19.6. The van der Waals surface area contributed by atoms with E-state index < -0.39 is 0 Å². The molecule has 116 valence electrons. The Balaban J connectivity index is 2.88. The summed E-state index contributed by atoms with van der Waals surface area (Å²) in [5, 5.41) is 0. The van der Waals surface area contributed by atoms with Gasteiger partial charge in [-0.3, -0.25) is 0 Å². The van der Waals surface area contributed by atoms with E-state index in [9.17, 15) is 0 Å². The average molecular weight is 377 g/mol. The van der Waals surface area contributed by atoms with E-state index in [1.54, 1.807) is 0 Å². The Morgan fingerprint density at radius 2 is 0.684 bits per heavy atom. The second kappa shape index (κ2) is 18.8. The van der Waals surface area contributed by atoms with E-state index in [0.29, 0.717) is 0 Å². The minimum absolute atomic E-state index is 1.38. The average Bonchev–Trinajstić information content (AvgIpc) is 2.43. The first-order valence-electron chi connectivity index (χ1n) is 9.12. The molecule has 0 rings (SSSR count). The van der Waals surface area contributed by atoms with E-state index in [2.05, 4.69) is 6.92 Å². The summed E-state index contributed by atoms with van der Waals surface area (Å²) in [5.74, 6) is 0. The van der Waals surface area contributed by atoms with Gasteiger partial charge in [0.1, 0.15) is 0 Å². The molecule has 0 nitrogen and oxygen atoms in total. The van der Waals surface area contributed by atoms with Crippen LogP contribution in [-0.4, -0.2) is 23.0 Å². The Hall–Kier alpha value is 0.818. The topological polar surface area (TPSA) is 0 Å². The quantitative estimate of drug-likeness (QED) is 0.219. The van der Waals surface area contributed by atoms with Crippen LogP contribution in [0.15, 0.2) is 0 Å². The van der Waals surface area contributed by atoms with E-state index >= 15 is 0 Å². The monoisotopic (exact) mass is 376 g/mol. The van der Waals surface area contributed by atoms with Crippen LogP contribution in [0.1, 0.15) is 110 Å². The molecular formula is C18H39Sb. The zero-order chi connectivity index (χ0) is 14.0. The van der Waals surface area contributed by atoms with Gasteiger partial charge in [0.05, 0.1) is 0 Å². The SMILES string of the molecule is CCCCCCCCCCCCCCCCC[CH2][SbH2]. The van der Waals surface area contributed by atoms with Gasteiger partial charge in [-0.1, -0.05) is 39.0 Å². The Morgan fingerprint density at radius 3 is 0.947 bits per heavy atom. The summed E-state index contributed by atoms with van der Waals surface area (Å²) in [5.41, 5.74) is 0. The Morgan fingerprint density at radius 1 is 0.421 bits per heavy atom. The van der Waals surface area contributed by atoms with Gasteiger partial charge in [-0.2, -0.15) is 0 Å². The third-order valence-corrected chi connectivity index (χ3v) is 5.22. The van der Waals surface area contributed by atoms with Crippen molar-refractivity contribution in [2.24, 2.45) is 0 Å². The fraction of sp³-hybridized carbons (Fsp3) is 1.00. The van der Waals surface area contributed by atoms with Crippen molar-refractivity contribution < 1.29 is 0 Å². The normalized spacial score (nSPS) is 11.1. The summed E-state index contributed by atoms with van der Waals surface area (Å²) in [6.45, 7) is 2.30. The standard InChI is InChI=1S/C18H37.Sb.2H/c1-3-5-7-9-11-13-15-17-18-16-14-12-10-8-6-4-2;;;/h1,3-18H2,2H3;;;. The van der Waals surface area contributed by atoms with E-state index in [4.69, 9.17) is 0 Å². The van der Waals surface area contributed by atoms with E-state index in [0.717, 1.165) is 0 Å². The molecule has 19 heavy (non-hydrogen) atoms. The molecule has 0 radical (unpaired) electrons. The van der Waals surface area contributed by atoms with Crippen LogP contribution in [-0.2, 0) is 0 Å². The van der Waals surface area contributed by atoms with E-state index in [-0.39, 0.29) is 0 Å². The van der Waals surface area contributed by atoms with Crippen LogP contribution in [0.5, 0.6) is 0 Å². The molecule has 1 heteroatoms. The predicted octanol–water partition coefficient (Wildman–Crippen LogP) is 6.30. The summed E-state index contributed by atoms with van der Waals surface area (Å²) in [4.78, 5) is 0. The molecule has 0 aliphatic heterocycles.